The van der Waals surface area contributed by atoms with Gasteiger partial charge >= 0.3 is 0 Å². The minimum absolute atomic E-state index is 0.293. The molecule has 3 heterocycles. The van der Waals surface area contributed by atoms with Crippen LogP contribution >= 0.6 is 0 Å². The first-order chi connectivity index (χ1) is 13.4. The van der Waals surface area contributed by atoms with Crippen molar-refractivity contribution >= 4 is 0 Å². The van der Waals surface area contributed by atoms with Crippen LogP contribution in [0.5, 0.6) is 0 Å². The van der Waals surface area contributed by atoms with Gasteiger partial charge in [-0.25, -0.2) is 9.97 Å². The summed E-state index contributed by atoms with van der Waals surface area (Å²) in [5.41, 5.74) is 2.35. The molecule has 2 aromatic heterocycles. The predicted octanol–water partition coefficient (Wildman–Crippen LogP) is 4.10. The van der Waals surface area contributed by atoms with E-state index in [0.29, 0.717) is 18.6 Å². The van der Waals surface area contributed by atoms with E-state index in [1.165, 1.54) is 44.1 Å². The van der Waals surface area contributed by atoms with Crippen molar-refractivity contribution in [3.05, 3.63) is 53.9 Å². The Labute approximate surface area is 162 Å². The molecule has 1 aliphatic carbocycles. The molecule has 1 saturated carbocycles. The van der Waals surface area contributed by atoms with Crippen LogP contribution in [0.4, 0.5) is 0 Å². The van der Waals surface area contributed by atoms with Gasteiger partial charge in [-0.15, -0.1) is 0 Å². The van der Waals surface area contributed by atoms with Crippen LogP contribution in [0.1, 0.15) is 67.8 Å². The molecule has 27 heavy (non-hydrogen) atoms. The van der Waals surface area contributed by atoms with Gasteiger partial charge in [0.15, 0.2) is 0 Å². The zero-order valence-corrected chi connectivity index (χ0v) is 16.1. The minimum Gasteiger partial charge on any atom is -0.372 e. The van der Waals surface area contributed by atoms with Gasteiger partial charge in [-0.3, -0.25) is 9.88 Å². The Hall–Kier alpha value is -1.85. The van der Waals surface area contributed by atoms with Crippen LogP contribution in [0.25, 0.3) is 0 Å². The first kappa shape index (κ1) is 18.5. The Morgan fingerprint density at radius 1 is 0.963 bits per heavy atom. The maximum atomic E-state index is 6.12. The van der Waals surface area contributed by atoms with Crippen LogP contribution in [0.2, 0.25) is 0 Å². The normalized spacial score (nSPS) is 22.0. The Morgan fingerprint density at radius 2 is 1.81 bits per heavy atom. The molecule has 2 fully saturated rings. The van der Waals surface area contributed by atoms with Crippen molar-refractivity contribution < 1.29 is 4.74 Å². The fraction of sp³-hybridized carbons (Fsp3) is 0.591. The van der Waals surface area contributed by atoms with Crippen molar-refractivity contribution in [2.24, 2.45) is 0 Å². The van der Waals surface area contributed by atoms with Crippen molar-refractivity contribution in [3.8, 4) is 0 Å². The molecule has 1 aliphatic heterocycles. The third kappa shape index (κ3) is 5.33. The van der Waals surface area contributed by atoms with Crippen LogP contribution in [-0.2, 0) is 17.9 Å². The summed E-state index contributed by atoms with van der Waals surface area (Å²) in [5, 5.41) is 0. The van der Waals surface area contributed by atoms with E-state index in [-0.39, 0.29) is 0 Å². The molecule has 0 spiro atoms. The molecule has 0 N–H and O–H groups in total. The van der Waals surface area contributed by atoms with Crippen LogP contribution in [0.3, 0.4) is 0 Å². The van der Waals surface area contributed by atoms with Gasteiger partial charge in [0.25, 0.3) is 0 Å². The summed E-state index contributed by atoms with van der Waals surface area (Å²) in [6.45, 7) is 3.66. The van der Waals surface area contributed by atoms with Crippen molar-refractivity contribution in [1.82, 2.24) is 19.9 Å². The highest BCUT2D eigenvalue weighted by Crippen LogP contribution is 2.30. The average Bonchev–Trinajstić information content (AvgIpc) is 2.75. The van der Waals surface area contributed by atoms with Crippen molar-refractivity contribution in [2.75, 3.05) is 13.1 Å². The van der Waals surface area contributed by atoms with Gasteiger partial charge in [-0.1, -0.05) is 25.3 Å². The Kier molecular flexibility index (Phi) is 6.43. The number of hydrogen-bond acceptors (Lipinski definition) is 5. The van der Waals surface area contributed by atoms with Gasteiger partial charge in [0.1, 0.15) is 5.82 Å². The number of pyridine rings is 1. The summed E-state index contributed by atoms with van der Waals surface area (Å²) < 4.78 is 6.12. The summed E-state index contributed by atoms with van der Waals surface area (Å²) >= 11 is 0. The van der Waals surface area contributed by atoms with E-state index in [9.17, 15) is 0 Å². The number of piperidine rings is 1. The second-order valence-corrected chi connectivity index (χ2v) is 7.96. The highest BCUT2D eigenvalue weighted by Gasteiger charge is 2.21. The molecule has 144 valence electrons. The lowest BCUT2D eigenvalue weighted by atomic mass is 9.89. The lowest BCUT2D eigenvalue weighted by Gasteiger charge is -2.32. The van der Waals surface area contributed by atoms with E-state index in [1.807, 2.05) is 24.7 Å². The second-order valence-electron chi connectivity index (χ2n) is 7.96. The summed E-state index contributed by atoms with van der Waals surface area (Å²) in [7, 11) is 0. The van der Waals surface area contributed by atoms with Gasteiger partial charge in [-0.2, -0.15) is 0 Å². The fourth-order valence-corrected chi connectivity index (χ4v) is 4.27. The molecule has 0 aromatic carbocycles. The topological polar surface area (TPSA) is 51.1 Å². The molecular formula is C22H30N4O. The largest absolute Gasteiger partial charge is 0.372 e. The van der Waals surface area contributed by atoms with E-state index < -0.39 is 0 Å². The van der Waals surface area contributed by atoms with E-state index >= 15 is 0 Å². The molecule has 1 saturated heterocycles. The highest BCUT2D eigenvalue weighted by molar-refractivity contribution is 5.09. The number of rotatable bonds is 6. The minimum atomic E-state index is 0.293. The van der Waals surface area contributed by atoms with Crippen molar-refractivity contribution in [3.63, 3.8) is 0 Å². The molecule has 0 unspecified atom stereocenters. The smallest absolute Gasteiger partial charge is 0.131 e. The van der Waals surface area contributed by atoms with Crippen LogP contribution in [-0.4, -0.2) is 39.0 Å². The van der Waals surface area contributed by atoms with Crippen molar-refractivity contribution in [1.29, 1.82) is 0 Å². The number of ether oxygens (including phenoxy) is 1. The Morgan fingerprint density at radius 3 is 2.59 bits per heavy atom. The quantitative estimate of drug-likeness (QED) is 0.770. The Bertz CT molecular complexity index is 685. The van der Waals surface area contributed by atoms with Crippen LogP contribution in [0.15, 0.2) is 36.9 Å². The van der Waals surface area contributed by atoms with E-state index in [1.54, 1.807) is 6.20 Å². The van der Waals surface area contributed by atoms with Crippen molar-refractivity contribution in [2.45, 2.75) is 70.1 Å². The highest BCUT2D eigenvalue weighted by atomic mass is 16.5. The van der Waals surface area contributed by atoms with Gasteiger partial charge in [0.05, 0.1) is 12.7 Å². The maximum absolute atomic E-state index is 6.12. The standard InChI is InChI=1S/C22H30N4O/c1-2-7-20(8-3-1)22-24-13-19(14-25-22)15-26-11-5-9-21(16-26)27-17-18-6-4-10-23-12-18/h4,6,10,12-14,20-21H,1-3,5,7-9,11,15-17H2/t21-/m1/s1. The second kappa shape index (κ2) is 9.38. The van der Waals surface area contributed by atoms with Gasteiger partial charge in [0.2, 0.25) is 0 Å². The van der Waals surface area contributed by atoms with E-state index in [4.69, 9.17) is 4.74 Å². The van der Waals surface area contributed by atoms with Gasteiger partial charge < -0.3 is 4.74 Å². The fourth-order valence-electron chi connectivity index (χ4n) is 4.27. The monoisotopic (exact) mass is 366 g/mol. The summed E-state index contributed by atoms with van der Waals surface area (Å²) in [6.07, 6.45) is 16.9. The summed E-state index contributed by atoms with van der Waals surface area (Å²) in [6, 6.07) is 4.03. The first-order valence-corrected chi connectivity index (χ1v) is 10.4. The molecule has 0 amide bonds. The lowest BCUT2D eigenvalue weighted by molar-refractivity contribution is -0.0122. The molecule has 0 radical (unpaired) electrons. The zero-order chi connectivity index (χ0) is 18.3. The van der Waals surface area contributed by atoms with Gasteiger partial charge in [0, 0.05) is 49.4 Å². The molecule has 1 atom stereocenters. The molecule has 0 bridgehead atoms. The molecule has 5 heteroatoms. The average molecular weight is 367 g/mol. The molecule has 2 aromatic rings. The molecule has 2 aliphatic rings. The molecule has 4 rings (SSSR count). The predicted molar refractivity (Wildman–Crippen MR) is 105 cm³/mol. The first-order valence-electron chi connectivity index (χ1n) is 10.4. The maximum Gasteiger partial charge on any atom is 0.131 e. The molecule has 5 nitrogen and oxygen atoms in total. The number of nitrogens with zero attached hydrogens (tertiary/aromatic N) is 4. The van der Waals surface area contributed by atoms with E-state index in [0.717, 1.165) is 37.4 Å². The number of hydrogen-bond donors (Lipinski definition) is 0. The third-order valence-corrected chi connectivity index (χ3v) is 5.77. The zero-order valence-electron chi connectivity index (χ0n) is 16.1. The van der Waals surface area contributed by atoms with Crippen LogP contribution in [0, 0.1) is 0 Å². The van der Waals surface area contributed by atoms with E-state index in [2.05, 4.69) is 25.9 Å². The Balaban J connectivity index is 1.27. The SMILES string of the molecule is c1cncc(CO[C@@H]2CCCN(Cc3cnc(C4CCCCC4)nc3)C2)c1. The summed E-state index contributed by atoms with van der Waals surface area (Å²) in [5.74, 6) is 1.63. The number of aromatic nitrogens is 3. The summed E-state index contributed by atoms with van der Waals surface area (Å²) in [4.78, 5) is 16.0. The van der Waals surface area contributed by atoms with Crippen LogP contribution < -0.4 is 0 Å². The van der Waals surface area contributed by atoms with Gasteiger partial charge in [-0.05, 0) is 43.9 Å². The molecular weight excluding hydrogens is 336 g/mol. The third-order valence-electron chi connectivity index (χ3n) is 5.77. The number of likely N-dealkylation sites (tertiary alicyclic amines) is 1. The lowest BCUT2D eigenvalue weighted by Crippen LogP contribution is -2.39.